The zero-order valence-electron chi connectivity index (χ0n) is 11.2. The third-order valence-corrected chi connectivity index (χ3v) is 2.71. The highest BCUT2D eigenvalue weighted by molar-refractivity contribution is 6.08. The fourth-order valence-corrected chi connectivity index (χ4v) is 1.71. The highest BCUT2D eigenvalue weighted by atomic mass is 16.2. The molecule has 2 rings (SSSR count). The van der Waals surface area contributed by atoms with Crippen LogP contribution in [-0.2, 0) is 9.59 Å². The van der Waals surface area contributed by atoms with E-state index in [-0.39, 0.29) is 18.2 Å². The van der Waals surface area contributed by atoms with E-state index in [1.807, 2.05) is 49.4 Å². The lowest BCUT2D eigenvalue weighted by atomic mass is 10.2. The number of carbonyl (C=O) groups excluding carboxylic acids is 2. The SMILES string of the molecule is Cc1ccc(NC(=O)CC(=O)Nc2ccccc2)cc1. The van der Waals surface area contributed by atoms with Gasteiger partial charge in [0, 0.05) is 11.4 Å². The third kappa shape index (κ3) is 4.24. The van der Waals surface area contributed by atoms with Gasteiger partial charge in [-0.2, -0.15) is 0 Å². The van der Waals surface area contributed by atoms with Gasteiger partial charge in [-0.3, -0.25) is 9.59 Å². The molecule has 20 heavy (non-hydrogen) atoms. The van der Waals surface area contributed by atoms with Crippen LogP contribution in [0.5, 0.6) is 0 Å². The molecule has 0 aromatic heterocycles. The summed E-state index contributed by atoms with van der Waals surface area (Å²) in [5, 5.41) is 5.35. The number of nitrogens with one attached hydrogen (secondary N) is 2. The van der Waals surface area contributed by atoms with Gasteiger partial charge in [0.25, 0.3) is 0 Å². The summed E-state index contributed by atoms with van der Waals surface area (Å²) in [6, 6.07) is 16.5. The van der Waals surface area contributed by atoms with Crippen LogP contribution >= 0.6 is 0 Å². The summed E-state index contributed by atoms with van der Waals surface area (Å²) >= 11 is 0. The van der Waals surface area contributed by atoms with E-state index < -0.39 is 0 Å². The van der Waals surface area contributed by atoms with Crippen LogP contribution in [0.1, 0.15) is 12.0 Å². The second kappa shape index (κ2) is 6.52. The van der Waals surface area contributed by atoms with Crippen molar-refractivity contribution < 1.29 is 9.59 Å². The molecule has 4 nitrogen and oxygen atoms in total. The molecule has 0 fully saturated rings. The van der Waals surface area contributed by atoms with Gasteiger partial charge in [-0.05, 0) is 31.2 Å². The number of hydrogen-bond acceptors (Lipinski definition) is 2. The highest BCUT2D eigenvalue weighted by Crippen LogP contribution is 2.09. The second-order valence-corrected chi connectivity index (χ2v) is 4.51. The molecule has 2 amide bonds. The van der Waals surface area contributed by atoms with Gasteiger partial charge in [-0.1, -0.05) is 35.9 Å². The maximum absolute atomic E-state index is 11.7. The van der Waals surface area contributed by atoms with Gasteiger partial charge in [0.05, 0.1) is 0 Å². The van der Waals surface area contributed by atoms with Crippen molar-refractivity contribution in [1.82, 2.24) is 0 Å². The molecule has 0 saturated heterocycles. The number of benzene rings is 2. The predicted octanol–water partition coefficient (Wildman–Crippen LogP) is 2.96. The predicted molar refractivity (Wildman–Crippen MR) is 79.5 cm³/mol. The molecule has 4 heteroatoms. The average molecular weight is 268 g/mol. The summed E-state index contributed by atoms with van der Waals surface area (Å²) in [6.45, 7) is 1.97. The lowest BCUT2D eigenvalue weighted by molar-refractivity contribution is -0.123. The molecule has 0 aliphatic carbocycles. The van der Waals surface area contributed by atoms with Crippen molar-refractivity contribution in [2.45, 2.75) is 13.3 Å². The number of aryl methyl sites for hydroxylation is 1. The van der Waals surface area contributed by atoms with Crippen molar-refractivity contribution in [2.75, 3.05) is 10.6 Å². The molecule has 2 aromatic carbocycles. The molecular formula is C16H16N2O2. The van der Waals surface area contributed by atoms with Crippen LogP contribution in [0, 0.1) is 6.92 Å². The monoisotopic (exact) mass is 268 g/mol. The van der Waals surface area contributed by atoms with E-state index in [4.69, 9.17) is 0 Å². The standard InChI is InChI=1S/C16H16N2O2/c1-12-7-9-14(10-8-12)18-16(20)11-15(19)17-13-5-3-2-4-6-13/h2-10H,11H2,1H3,(H,17,19)(H,18,20). The number of para-hydroxylation sites is 1. The van der Waals surface area contributed by atoms with E-state index in [0.29, 0.717) is 11.4 Å². The minimum Gasteiger partial charge on any atom is -0.326 e. The first-order valence-corrected chi connectivity index (χ1v) is 6.35. The molecular weight excluding hydrogens is 252 g/mol. The fourth-order valence-electron chi connectivity index (χ4n) is 1.71. The van der Waals surface area contributed by atoms with E-state index in [1.165, 1.54) is 0 Å². The quantitative estimate of drug-likeness (QED) is 0.837. The number of rotatable bonds is 4. The summed E-state index contributed by atoms with van der Waals surface area (Å²) in [7, 11) is 0. The van der Waals surface area contributed by atoms with E-state index in [0.717, 1.165) is 5.56 Å². The number of carbonyl (C=O) groups is 2. The van der Waals surface area contributed by atoms with Crippen LogP contribution in [0.15, 0.2) is 54.6 Å². The Morgan fingerprint density at radius 3 is 1.85 bits per heavy atom. The minimum absolute atomic E-state index is 0.206. The number of anilines is 2. The van der Waals surface area contributed by atoms with Crippen LogP contribution < -0.4 is 10.6 Å². The largest absolute Gasteiger partial charge is 0.326 e. The van der Waals surface area contributed by atoms with Crippen molar-refractivity contribution in [3.05, 3.63) is 60.2 Å². The van der Waals surface area contributed by atoms with Gasteiger partial charge in [-0.25, -0.2) is 0 Å². The highest BCUT2D eigenvalue weighted by Gasteiger charge is 2.09. The number of amides is 2. The Morgan fingerprint density at radius 1 is 0.800 bits per heavy atom. The Kier molecular flexibility index (Phi) is 4.50. The van der Waals surface area contributed by atoms with Crippen LogP contribution in [0.25, 0.3) is 0 Å². The van der Waals surface area contributed by atoms with Crippen LogP contribution in [0.2, 0.25) is 0 Å². The number of hydrogen-bond donors (Lipinski definition) is 2. The van der Waals surface area contributed by atoms with Gasteiger partial charge >= 0.3 is 0 Å². The molecule has 0 unspecified atom stereocenters. The summed E-state index contributed by atoms with van der Waals surface area (Å²) in [6.07, 6.45) is -0.206. The average Bonchev–Trinajstić information content (AvgIpc) is 2.42. The summed E-state index contributed by atoms with van der Waals surface area (Å²) in [5.41, 5.74) is 2.48. The molecule has 0 heterocycles. The van der Waals surface area contributed by atoms with Gasteiger partial charge in [0.2, 0.25) is 11.8 Å². The molecule has 2 aromatic rings. The van der Waals surface area contributed by atoms with Gasteiger partial charge in [0.15, 0.2) is 0 Å². The normalized spacial score (nSPS) is 9.85. The molecule has 0 saturated carbocycles. The molecule has 102 valence electrons. The molecule has 0 spiro atoms. The maximum atomic E-state index is 11.7. The smallest absolute Gasteiger partial charge is 0.233 e. The Morgan fingerprint density at radius 2 is 1.30 bits per heavy atom. The van der Waals surface area contributed by atoms with E-state index in [1.54, 1.807) is 12.1 Å². The van der Waals surface area contributed by atoms with Crippen molar-refractivity contribution in [1.29, 1.82) is 0 Å². The second-order valence-electron chi connectivity index (χ2n) is 4.51. The van der Waals surface area contributed by atoms with E-state index in [2.05, 4.69) is 10.6 Å². The maximum Gasteiger partial charge on any atom is 0.233 e. The Labute approximate surface area is 117 Å². The minimum atomic E-state index is -0.333. The van der Waals surface area contributed by atoms with Gasteiger partial charge in [-0.15, -0.1) is 0 Å². The molecule has 0 bridgehead atoms. The van der Waals surface area contributed by atoms with Crippen molar-refractivity contribution in [3.63, 3.8) is 0 Å². The first-order chi connectivity index (χ1) is 9.63. The summed E-state index contributed by atoms with van der Waals surface area (Å²) < 4.78 is 0. The van der Waals surface area contributed by atoms with E-state index >= 15 is 0 Å². The molecule has 0 atom stereocenters. The van der Waals surface area contributed by atoms with Crippen molar-refractivity contribution in [3.8, 4) is 0 Å². The van der Waals surface area contributed by atoms with Crippen LogP contribution in [0.3, 0.4) is 0 Å². The van der Waals surface area contributed by atoms with Gasteiger partial charge < -0.3 is 10.6 Å². The summed E-state index contributed by atoms with van der Waals surface area (Å²) in [4.78, 5) is 23.4. The third-order valence-electron chi connectivity index (χ3n) is 2.71. The van der Waals surface area contributed by atoms with Crippen LogP contribution in [0.4, 0.5) is 11.4 Å². The topological polar surface area (TPSA) is 58.2 Å². The van der Waals surface area contributed by atoms with Gasteiger partial charge in [0.1, 0.15) is 6.42 Å². The lowest BCUT2D eigenvalue weighted by Gasteiger charge is -2.06. The van der Waals surface area contributed by atoms with Crippen LogP contribution in [-0.4, -0.2) is 11.8 Å². The lowest BCUT2D eigenvalue weighted by Crippen LogP contribution is -2.21. The zero-order valence-corrected chi connectivity index (χ0v) is 11.2. The Hall–Kier alpha value is -2.62. The molecule has 2 N–H and O–H groups in total. The fraction of sp³-hybridized carbons (Fsp3) is 0.125. The first-order valence-electron chi connectivity index (χ1n) is 6.35. The van der Waals surface area contributed by atoms with Crippen molar-refractivity contribution in [2.24, 2.45) is 0 Å². The first kappa shape index (κ1) is 13.8. The Bertz CT molecular complexity index is 592. The molecule has 0 aliphatic heterocycles. The molecule has 0 aliphatic rings. The summed E-state index contributed by atoms with van der Waals surface area (Å²) in [5.74, 6) is -0.664. The van der Waals surface area contributed by atoms with E-state index in [9.17, 15) is 9.59 Å². The zero-order chi connectivity index (χ0) is 14.4. The van der Waals surface area contributed by atoms with Crippen molar-refractivity contribution >= 4 is 23.2 Å². The molecule has 0 radical (unpaired) electrons. The Balaban J connectivity index is 1.85.